The number of rotatable bonds is 8. The monoisotopic (exact) mass is 536 g/mol. The Morgan fingerprint density at radius 2 is 1.54 bits per heavy atom. The number of carbonyl (C=O) groups is 1. The highest BCUT2D eigenvalue weighted by Gasteiger charge is 2.32. The van der Waals surface area contributed by atoms with Crippen LogP contribution < -0.4 is 27.4 Å². The summed E-state index contributed by atoms with van der Waals surface area (Å²) in [5, 5.41) is 7.04. The predicted octanol–water partition coefficient (Wildman–Crippen LogP) is 4.53. The third kappa shape index (κ3) is 7.30. The van der Waals surface area contributed by atoms with Crippen LogP contribution in [0.1, 0.15) is 29.2 Å². The molecule has 0 aliphatic carbocycles. The molecule has 4 aromatic rings. The van der Waals surface area contributed by atoms with Gasteiger partial charge in [0, 0.05) is 16.9 Å². The molecule has 0 aliphatic heterocycles. The van der Waals surface area contributed by atoms with Crippen LogP contribution in [0.25, 0.3) is 0 Å². The number of amides is 2. The first-order valence-corrected chi connectivity index (χ1v) is 12.1. The van der Waals surface area contributed by atoms with Crippen molar-refractivity contribution in [3.63, 3.8) is 0 Å². The lowest BCUT2D eigenvalue weighted by Crippen LogP contribution is -2.77. The number of nitrogens with zero attached hydrogens (tertiary/aromatic N) is 2. The Balaban J connectivity index is 1.47. The predicted molar refractivity (Wildman–Crippen MR) is 144 cm³/mol. The number of nitrogen functional groups attached to an aromatic ring is 1. The quantitative estimate of drug-likeness (QED) is 0.225. The van der Waals surface area contributed by atoms with Crippen LogP contribution in [0.2, 0.25) is 0 Å². The van der Waals surface area contributed by atoms with E-state index in [1.807, 2.05) is 48.6 Å². The Bertz CT molecular complexity index is 1440. The number of aromatic nitrogens is 2. The Hall–Kier alpha value is -4.48. The van der Waals surface area contributed by atoms with Crippen LogP contribution in [0.5, 0.6) is 0 Å². The Labute approximate surface area is 223 Å². The molecule has 4 rings (SSSR count). The van der Waals surface area contributed by atoms with Crippen LogP contribution >= 0.6 is 0 Å². The summed E-state index contributed by atoms with van der Waals surface area (Å²) in [4.78, 5) is 21.0. The third-order valence-electron chi connectivity index (χ3n) is 6.05. The summed E-state index contributed by atoms with van der Waals surface area (Å²) >= 11 is 0. The summed E-state index contributed by atoms with van der Waals surface area (Å²) in [5.74, 6) is 0.926. The first kappa shape index (κ1) is 27.6. The van der Waals surface area contributed by atoms with Crippen molar-refractivity contribution in [2.45, 2.75) is 31.6 Å². The number of urea groups is 1. The molecule has 0 saturated heterocycles. The Morgan fingerprint density at radius 1 is 0.897 bits per heavy atom. The van der Waals surface area contributed by atoms with Gasteiger partial charge in [0.1, 0.15) is 18.7 Å². The normalized spacial score (nSPS) is 12.9. The fourth-order valence-corrected chi connectivity index (χ4v) is 4.32. The summed E-state index contributed by atoms with van der Waals surface area (Å²) in [5.41, 5.74) is 14.2. The lowest BCUT2D eigenvalue weighted by molar-refractivity contribution is -0.592. The van der Waals surface area contributed by atoms with Crippen LogP contribution in [0, 0.1) is 0 Å². The first-order valence-electron chi connectivity index (χ1n) is 12.1. The second kappa shape index (κ2) is 11.5. The number of alkyl halides is 3. The van der Waals surface area contributed by atoms with E-state index >= 15 is 0 Å². The topological polar surface area (TPSA) is 136 Å². The molecule has 1 unspecified atom stereocenters. The molecule has 0 aliphatic rings. The van der Waals surface area contributed by atoms with Gasteiger partial charge in [-0.05, 0) is 49.2 Å². The van der Waals surface area contributed by atoms with Crippen molar-refractivity contribution in [2.75, 3.05) is 16.4 Å². The fourth-order valence-electron chi connectivity index (χ4n) is 4.32. The minimum atomic E-state index is -4.51. The number of anilines is 3. The molecule has 39 heavy (non-hydrogen) atoms. The third-order valence-corrected chi connectivity index (χ3v) is 6.05. The van der Waals surface area contributed by atoms with Gasteiger partial charge in [0.15, 0.2) is 0 Å². The van der Waals surface area contributed by atoms with E-state index in [0.717, 1.165) is 23.3 Å². The average Bonchev–Trinajstić information content (AvgIpc) is 2.87. The lowest BCUT2D eigenvalue weighted by atomic mass is 9.86. The van der Waals surface area contributed by atoms with Gasteiger partial charge in [0.05, 0.1) is 16.7 Å². The standard InChI is InChI=1S/C28H28F3N7O/c1-27(33,23-24(32)35-17-36-25(23)34-16-18-7-3-2-4-8-18)15-19-9-5-11-21(13-19)37-26(39)38-22-12-6-10-20(14-22)28(29,30)31/h2-14,17H,15-16,33H2,1H3,(H2,37,38,39)(H3,32,34,35,36)/p+1. The van der Waals surface area contributed by atoms with E-state index in [1.165, 1.54) is 18.5 Å². The van der Waals surface area contributed by atoms with Crippen LogP contribution in [0.4, 0.5) is 41.0 Å². The number of nitrogens with one attached hydrogen (secondary N) is 2. The Morgan fingerprint density at radius 3 is 2.23 bits per heavy atom. The number of benzene rings is 3. The molecule has 0 spiro atoms. The highest BCUT2D eigenvalue weighted by Crippen LogP contribution is 2.31. The van der Waals surface area contributed by atoms with Gasteiger partial charge in [0.2, 0.25) is 5.82 Å². The highest BCUT2D eigenvalue weighted by atomic mass is 19.4. The summed E-state index contributed by atoms with van der Waals surface area (Å²) in [6, 6.07) is 20.7. The molecule has 1 aromatic heterocycles. The van der Waals surface area contributed by atoms with Gasteiger partial charge in [-0.15, -0.1) is 0 Å². The molecule has 1 atom stereocenters. The van der Waals surface area contributed by atoms with E-state index in [0.29, 0.717) is 30.0 Å². The highest BCUT2D eigenvalue weighted by molar-refractivity contribution is 5.99. The SMILES string of the molecule is CC(N)(Cc1cccc(NC(=O)Nc2cccc(C(F)(F)F)c2)c1)c1c(N)ncnc1[NH2+]Cc1ccccc1. The van der Waals surface area contributed by atoms with Crippen molar-refractivity contribution in [2.24, 2.45) is 5.73 Å². The zero-order valence-corrected chi connectivity index (χ0v) is 21.2. The summed E-state index contributed by atoms with van der Waals surface area (Å²) < 4.78 is 38.9. The average molecular weight is 537 g/mol. The molecular weight excluding hydrogens is 507 g/mol. The maximum absolute atomic E-state index is 13.0. The maximum atomic E-state index is 13.0. The molecule has 8 nitrogen and oxygen atoms in total. The van der Waals surface area contributed by atoms with Gasteiger partial charge in [-0.2, -0.15) is 18.2 Å². The van der Waals surface area contributed by atoms with Crippen LogP contribution in [0.15, 0.2) is 85.2 Å². The van der Waals surface area contributed by atoms with Crippen LogP contribution in [-0.4, -0.2) is 16.0 Å². The molecule has 0 bridgehead atoms. The van der Waals surface area contributed by atoms with Crippen molar-refractivity contribution in [1.82, 2.24) is 9.97 Å². The van der Waals surface area contributed by atoms with E-state index in [-0.39, 0.29) is 11.5 Å². The summed E-state index contributed by atoms with van der Waals surface area (Å²) in [7, 11) is 0. The number of carbonyl (C=O) groups excluding carboxylic acids is 1. The number of halogens is 3. The fraction of sp³-hybridized carbons (Fsp3) is 0.179. The number of hydrogen-bond acceptors (Lipinski definition) is 5. The van der Waals surface area contributed by atoms with Crippen molar-refractivity contribution < 1.29 is 23.3 Å². The van der Waals surface area contributed by atoms with Gasteiger partial charge in [-0.3, -0.25) is 5.32 Å². The second-order valence-corrected chi connectivity index (χ2v) is 9.37. The summed E-state index contributed by atoms with van der Waals surface area (Å²) in [6.07, 6.45) is -2.76. The second-order valence-electron chi connectivity index (χ2n) is 9.37. The van der Waals surface area contributed by atoms with Gasteiger partial charge >= 0.3 is 12.2 Å². The van der Waals surface area contributed by atoms with Gasteiger partial charge in [0.25, 0.3) is 0 Å². The van der Waals surface area contributed by atoms with Crippen LogP contribution in [0.3, 0.4) is 0 Å². The van der Waals surface area contributed by atoms with Gasteiger partial charge in [-0.1, -0.05) is 48.5 Å². The molecule has 0 fully saturated rings. The van der Waals surface area contributed by atoms with E-state index in [1.54, 1.807) is 18.2 Å². The minimum Gasteiger partial charge on any atom is -0.383 e. The molecule has 11 heteroatoms. The maximum Gasteiger partial charge on any atom is 0.416 e. The van der Waals surface area contributed by atoms with E-state index < -0.39 is 23.3 Å². The van der Waals surface area contributed by atoms with Crippen molar-refractivity contribution in [3.05, 3.63) is 107 Å². The molecule has 0 radical (unpaired) electrons. The summed E-state index contributed by atoms with van der Waals surface area (Å²) in [6.45, 7) is 2.48. The molecule has 0 saturated carbocycles. The van der Waals surface area contributed by atoms with Gasteiger partial charge in [-0.25, -0.2) is 9.78 Å². The molecular formula is C28H29F3N7O+. The van der Waals surface area contributed by atoms with E-state index in [4.69, 9.17) is 11.5 Å². The van der Waals surface area contributed by atoms with E-state index in [9.17, 15) is 18.0 Å². The minimum absolute atomic E-state index is 0.0202. The molecule has 8 N–H and O–H groups in total. The van der Waals surface area contributed by atoms with Gasteiger partial charge < -0.3 is 22.1 Å². The Kier molecular flexibility index (Phi) is 8.12. The number of nitrogens with two attached hydrogens (primary N) is 3. The molecule has 3 aromatic carbocycles. The first-order chi connectivity index (χ1) is 18.5. The van der Waals surface area contributed by atoms with Crippen molar-refractivity contribution in [1.29, 1.82) is 0 Å². The smallest absolute Gasteiger partial charge is 0.383 e. The van der Waals surface area contributed by atoms with Crippen molar-refractivity contribution >= 4 is 29.0 Å². The van der Waals surface area contributed by atoms with E-state index in [2.05, 4.69) is 20.6 Å². The largest absolute Gasteiger partial charge is 0.416 e. The molecule has 202 valence electrons. The zero-order chi connectivity index (χ0) is 28.0. The molecule has 2 amide bonds. The number of hydrogen-bond donors (Lipinski definition) is 5. The zero-order valence-electron chi connectivity index (χ0n) is 21.2. The lowest BCUT2D eigenvalue weighted by Gasteiger charge is -2.26. The number of quaternary nitrogens is 1. The van der Waals surface area contributed by atoms with Crippen LogP contribution in [-0.2, 0) is 24.7 Å². The van der Waals surface area contributed by atoms with Crippen molar-refractivity contribution in [3.8, 4) is 0 Å². The molecule has 1 heterocycles.